The van der Waals surface area contributed by atoms with E-state index in [4.69, 9.17) is 0 Å². The van der Waals surface area contributed by atoms with Crippen LogP contribution in [-0.2, 0) is 9.84 Å². The van der Waals surface area contributed by atoms with Crippen LogP contribution in [0.3, 0.4) is 0 Å². The number of aromatic amines is 1. The third-order valence-electron chi connectivity index (χ3n) is 2.95. The van der Waals surface area contributed by atoms with Gasteiger partial charge in [-0.05, 0) is 23.1 Å². The molecule has 3 N–H and O–H groups in total. The summed E-state index contributed by atoms with van der Waals surface area (Å²) in [6, 6.07) is 4.36. The molecule has 0 atom stereocenters. The van der Waals surface area contributed by atoms with E-state index < -0.39 is 26.5 Å². The van der Waals surface area contributed by atoms with Gasteiger partial charge in [-0.2, -0.15) is 0 Å². The molecule has 0 fully saturated rings. The lowest BCUT2D eigenvalue weighted by molar-refractivity contribution is -0.389. The molecular weight excluding hydrogens is 328 g/mol. The molecule has 23 heavy (non-hydrogen) atoms. The highest BCUT2D eigenvalue weighted by Crippen LogP contribution is 2.27. The predicted octanol–water partition coefficient (Wildman–Crippen LogP) is 1.07. The molecule has 0 bridgehead atoms. The molecule has 1 aromatic carbocycles. The van der Waals surface area contributed by atoms with Gasteiger partial charge in [-0.3, -0.25) is 4.79 Å². The topological polar surface area (TPSA) is 155 Å². The van der Waals surface area contributed by atoms with E-state index in [0.29, 0.717) is 0 Å². The third kappa shape index (κ3) is 3.45. The van der Waals surface area contributed by atoms with Crippen LogP contribution in [0.15, 0.2) is 29.2 Å². The number of phenols is 1. The fraction of sp³-hybridized carbons (Fsp3) is 0.167. The molecule has 0 aliphatic heterocycles. The number of nitrogens with one attached hydrogen (secondary N) is 2. The van der Waals surface area contributed by atoms with Crippen LogP contribution in [-0.4, -0.2) is 40.3 Å². The summed E-state index contributed by atoms with van der Waals surface area (Å²) < 4.78 is 23.6. The van der Waals surface area contributed by atoms with Gasteiger partial charge in [0.25, 0.3) is 5.91 Å². The van der Waals surface area contributed by atoms with Crippen molar-refractivity contribution in [3.8, 4) is 5.75 Å². The van der Waals surface area contributed by atoms with E-state index in [1.165, 1.54) is 13.0 Å². The number of nitro groups is 1. The van der Waals surface area contributed by atoms with Crippen molar-refractivity contribution < 1.29 is 23.2 Å². The first-order valence-electron chi connectivity index (χ1n) is 6.31. The number of aromatic nitrogens is 2. The molecule has 0 spiro atoms. The summed E-state index contributed by atoms with van der Waals surface area (Å²) in [5.41, 5.74) is -0.421. The number of nitrogens with zero attached hydrogens (tertiary/aromatic N) is 2. The van der Waals surface area contributed by atoms with E-state index in [0.717, 1.165) is 18.2 Å². The van der Waals surface area contributed by atoms with E-state index in [1.54, 1.807) is 0 Å². The standard InChI is InChI=1S/C12H12N4O6S/c1-2-23(21,22)7-3-4-10(17)8(5-7)13-12(18)9-6-11(15-14-9)16(19)20/h3-6,17H,2H2,1H3,(H,13,18)(H,14,15). The molecule has 11 heteroatoms. The lowest BCUT2D eigenvalue weighted by atomic mass is 10.3. The number of sulfone groups is 1. The largest absolute Gasteiger partial charge is 0.506 e. The first kappa shape index (κ1) is 16.4. The number of carbonyl (C=O) groups is 1. The summed E-state index contributed by atoms with van der Waals surface area (Å²) >= 11 is 0. The molecule has 0 saturated heterocycles. The summed E-state index contributed by atoms with van der Waals surface area (Å²) in [6.45, 7) is 1.46. The van der Waals surface area contributed by atoms with E-state index in [2.05, 4.69) is 15.5 Å². The van der Waals surface area contributed by atoms with Crippen molar-refractivity contribution in [1.29, 1.82) is 0 Å². The van der Waals surface area contributed by atoms with E-state index >= 15 is 0 Å². The number of aromatic hydroxyl groups is 1. The maximum Gasteiger partial charge on any atom is 0.343 e. The van der Waals surface area contributed by atoms with Crippen LogP contribution < -0.4 is 5.32 Å². The molecule has 2 aromatic rings. The van der Waals surface area contributed by atoms with Crippen LogP contribution in [0.2, 0.25) is 0 Å². The van der Waals surface area contributed by atoms with Crippen molar-refractivity contribution in [2.75, 3.05) is 11.1 Å². The molecule has 1 aromatic heterocycles. The number of anilines is 1. The zero-order valence-corrected chi connectivity index (χ0v) is 12.6. The Labute approximate surface area is 130 Å². The zero-order valence-electron chi connectivity index (χ0n) is 11.8. The maximum atomic E-state index is 12.0. The number of benzene rings is 1. The Balaban J connectivity index is 2.30. The van der Waals surface area contributed by atoms with Gasteiger partial charge >= 0.3 is 5.82 Å². The lowest BCUT2D eigenvalue weighted by Gasteiger charge is -2.08. The zero-order chi connectivity index (χ0) is 17.2. The Morgan fingerprint density at radius 3 is 2.70 bits per heavy atom. The average molecular weight is 340 g/mol. The van der Waals surface area contributed by atoms with Crippen LogP contribution in [0.5, 0.6) is 5.75 Å². The van der Waals surface area contributed by atoms with Crippen LogP contribution in [0, 0.1) is 10.1 Å². The molecule has 0 saturated carbocycles. The van der Waals surface area contributed by atoms with Gasteiger partial charge in [0.1, 0.15) is 5.75 Å². The van der Waals surface area contributed by atoms with Gasteiger partial charge in [-0.25, -0.2) is 8.42 Å². The van der Waals surface area contributed by atoms with Crippen LogP contribution in [0.1, 0.15) is 17.4 Å². The van der Waals surface area contributed by atoms with Crippen molar-refractivity contribution in [3.63, 3.8) is 0 Å². The smallest absolute Gasteiger partial charge is 0.343 e. The second kappa shape index (κ2) is 6.04. The number of rotatable bonds is 5. The third-order valence-corrected chi connectivity index (χ3v) is 4.68. The highest BCUT2D eigenvalue weighted by molar-refractivity contribution is 7.91. The Bertz CT molecular complexity index is 873. The molecule has 0 unspecified atom stereocenters. The average Bonchev–Trinajstić information content (AvgIpc) is 2.99. The summed E-state index contributed by atoms with van der Waals surface area (Å²) in [5.74, 6) is -1.80. The normalized spacial score (nSPS) is 11.2. The molecule has 122 valence electrons. The number of hydrogen-bond acceptors (Lipinski definition) is 7. The molecule has 1 heterocycles. The van der Waals surface area contributed by atoms with Crippen molar-refractivity contribution in [3.05, 3.63) is 40.1 Å². The molecule has 10 nitrogen and oxygen atoms in total. The Kier molecular flexibility index (Phi) is 4.31. The second-order valence-electron chi connectivity index (χ2n) is 4.43. The minimum atomic E-state index is -3.52. The first-order valence-corrected chi connectivity index (χ1v) is 7.96. The van der Waals surface area contributed by atoms with E-state index in [9.17, 15) is 28.4 Å². The van der Waals surface area contributed by atoms with Crippen LogP contribution in [0.4, 0.5) is 11.5 Å². The SMILES string of the molecule is CCS(=O)(=O)c1ccc(O)c(NC(=O)c2cc([N+](=O)[O-])[nH]n2)c1. The summed E-state index contributed by atoms with van der Waals surface area (Å²) in [7, 11) is -3.52. The minimum absolute atomic E-state index is 0.0684. The van der Waals surface area contributed by atoms with Crippen molar-refractivity contribution in [2.45, 2.75) is 11.8 Å². The summed E-state index contributed by atoms with van der Waals surface area (Å²) in [4.78, 5) is 21.7. The van der Waals surface area contributed by atoms with Crippen LogP contribution >= 0.6 is 0 Å². The van der Waals surface area contributed by atoms with Crippen LogP contribution in [0.25, 0.3) is 0 Å². The number of phenolic OH excluding ortho intramolecular Hbond substituents is 1. The number of hydrogen-bond donors (Lipinski definition) is 3. The molecule has 0 aliphatic carbocycles. The quantitative estimate of drug-likeness (QED) is 0.417. The number of amides is 1. The van der Waals surface area contributed by atoms with Crippen molar-refractivity contribution >= 4 is 27.2 Å². The Hall–Kier alpha value is -2.95. The number of carbonyl (C=O) groups excluding carboxylic acids is 1. The van der Waals surface area contributed by atoms with E-state index in [-0.39, 0.29) is 27.8 Å². The molecule has 1 amide bonds. The summed E-state index contributed by atoms with van der Waals surface area (Å²) in [5, 5.41) is 28.0. The van der Waals surface area contributed by atoms with Gasteiger partial charge < -0.3 is 20.5 Å². The van der Waals surface area contributed by atoms with Crippen molar-refractivity contribution in [2.24, 2.45) is 0 Å². The minimum Gasteiger partial charge on any atom is -0.506 e. The predicted molar refractivity (Wildman–Crippen MR) is 79.0 cm³/mol. The Morgan fingerprint density at radius 2 is 2.13 bits per heavy atom. The lowest BCUT2D eigenvalue weighted by Crippen LogP contribution is -2.13. The van der Waals surface area contributed by atoms with Gasteiger partial charge in [0.15, 0.2) is 15.5 Å². The number of H-pyrrole nitrogens is 1. The van der Waals surface area contributed by atoms with Gasteiger partial charge in [-0.1, -0.05) is 12.0 Å². The monoisotopic (exact) mass is 340 g/mol. The second-order valence-corrected chi connectivity index (χ2v) is 6.71. The molecule has 0 aliphatic rings. The maximum absolute atomic E-state index is 12.0. The molecular formula is C12H12N4O6S. The fourth-order valence-corrected chi connectivity index (χ4v) is 2.59. The molecule has 2 rings (SSSR count). The van der Waals surface area contributed by atoms with Gasteiger partial charge in [0.05, 0.1) is 22.4 Å². The van der Waals surface area contributed by atoms with Gasteiger partial charge in [0.2, 0.25) is 0 Å². The van der Waals surface area contributed by atoms with E-state index in [1.807, 2.05) is 0 Å². The fourth-order valence-electron chi connectivity index (χ4n) is 1.68. The Morgan fingerprint density at radius 1 is 1.43 bits per heavy atom. The van der Waals surface area contributed by atoms with Gasteiger partial charge in [0, 0.05) is 0 Å². The van der Waals surface area contributed by atoms with Crippen molar-refractivity contribution in [1.82, 2.24) is 10.2 Å². The first-order chi connectivity index (χ1) is 10.7. The highest BCUT2D eigenvalue weighted by atomic mass is 32.2. The van der Waals surface area contributed by atoms with Gasteiger partial charge in [-0.15, -0.1) is 5.10 Å². The molecule has 0 radical (unpaired) electrons. The summed E-state index contributed by atoms with van der Waals surface area (Å²) in [6.07, 6.45) is 0. The highest BCUT2D eigenvalue weighted by Gasteiger charge is 2.19.